The lowest BCUT2D eigenvalue weighted by atomic mass is 9.86. The molecule has 0 aliphatic carbocycles. The third kappa shape index (κ3) is 3.69. The van der Waals surface area contributed by atoms with Crippen LogP contribution in [0.5, 0.6) is 0 Å². The summed E-state index contributed by atoms with van der Waals surface area (Å²) in [5.41, 5.74) is 11.0. The van der Waals surface area contributed by atoms with Crippen molar-refractivity contribution in [3.8, 4) is 0 Å². The van der Waals surface area contributed by atoms with Crippen LogP contribution in [-0.2, 0) is 11.2 Å². The Morgan fingerprint density at radius 2 is 1.81 bits per heavy atom. The van der Waals surface area contributed by atoms with Crippen molar-refractivity contribution in [1.82, 2.24) is 0 Å². The van der Waals surface area contributed by atoms with Gasteiger partial charge in [0.1, 0.15) is 0 Å². The summed E-state index contributed by atoms with van der Waals surface area (Å²) in [5, 5.41) is 8.77. The SMILES string of the molecule is C[C@@](N)(Cc1ccccc1)C1=NN=C(c2ccc(N3CCCC3=O)cc2)C1. The zero-order chi connectivity index (χ0) is 18.9. The van der Waals surface area contributed by atoms with Crippen LogP contribution in [0.15, 0.2) is 64.8 Å². The topological polar surface area (TPSA) is 71.0 Å². The number of nitrogens with zero attached hydrogens (tertiary/aromatic N) is 3. The van der Waals surface area contributed by atoms with Crippen molar-refractivity contribution in [2.75, 3.05) is 11.4 Å². The van der Waals surface area contributed by atoms with Gasteiger partial charge in [-0.2, -0.15) is 10.2 Å². The largest absolute Gasteiger partial charge is 0.320 e. The van der Waals surface area contributed by atoms with Gasteiger partial charge < -0.3 is 10.6 Å². The molecule has 2 aromatic carbocycles. The molecule has 1 amide bonds. The van der Waals surface area contributed by atoms with Gasteiger partial charge in [-0.15, -0.1) is 0 Å². The molecule has 2 N–H and O–H groups in total. The summed E-state index contributed by atoms with van der Waals surface area (Å²) in [5.74, 6) is 0.200. The first-order valence-corrected chi connectivity index (χ1v) is 9.40. The number of hydrogen-bond acceptors (Lipinski definition) is 4. The van der Waals surface area contributed by atoms with Gasteiger partial charge in [0.25, 0.3) is 0 Å². The van der Waals surface area contributed by atoms with Crippen molar-refractivity contribution in [3.05, 3.63) is 65.7 Å². The third-order valence-corrected chi connectivity index (χ3v) is 5.29. The van der Waals surface area contributed by atoms with E-state index in [9.17, 15) is 4.79 Å². The molecule has 0 unspecified atom stereocenters. The van der Waals surface area contributed by atoms with Gasteiger partial charge in [-0.05, 0) is 43.0 Å². The van der Waals surface area contributed by atoms with Crippen molar-refractivity contribution in [2.45, 2.75) is 38.1 Å². The molecule has 0 aromatic heterocycles. The van der Waals surface area contributed by atoms with E-state index in [1.807, 2.05) is 54.3 Å². The molecule has 2 aromatic rings. The van der Waals surface area contributed by atoms with Crippen LogP contribution in [-0.4, -0.2) is 29.4 Å². The van der Waals surface area contributed by atoms with Gasteiger partial charge in [-0.25, -0.2) is 0 Å². The minimum atomic E-state index is -0.533. The monoisotopic (exact) mass is 360 g/mol. The van der Waals surface area contributed by atoms with Crippen LogP contribution < -0.4 is 10.6 Å². The van der Waals surface area contributed by atoms with Gasteiger partial charge >= 0.3 is 0 Å². The van der Waals surface area contributed by atoms with Gasteiger partial charge in [0.2, 0.25) is 5.91 Å². The summed E-state index contributed by atoms with van der Waals surface area (Å²) in [6.07, 6.45) is 2.95. The molecule has 0 bridgehead atoms. The first-order valence-electron chi connectivity index (χ1n) is 9.40. The number of rotatable bonds is 5. The zero-order valence-electron chi connectivity index (χ0n) is 15.6. The summed E-state index contributed by atoms with van der Waals surface area (Å²) in [4.78, 5) is 13.7. The van der Waals surface area contributed by atoms with Crippen molar-refractivity contribution in [2.24, 2.45) is 15.9 Å². The average molecular weight is 360 g/mol. The summed E-state index contributed by atoms with van der Waals surface area (Å²) >= 11 is 0. The Kier molecular flexibility index (Phi) is 4.62. The summed E-state index contributed by atoms with van der Waals surface area (Å²) < 4.78 is 0. The highest BCUT2D eigenvalue weighted by Crippen LogP contribution is 2.25. The Labute approximate surface area is 159 Å². The van der Waals surface area contributed by atoms with Gasteiger partial charge in [0.05, 0.1) is 17.0 Å². The van der Waals surface area contributed by atoms with Gasteiger partial charge in [-0.1, -0.05) is 42.5 Å². The summed E-state index contributed by atoms with van der Waals surface area (Å²) in [7, 11) is 0. The Bertz CT molecular complexity index is 898. The molecule has 1 fully saturated rings. The molecule has 2 heterocycles. The van der Waals surface area contributed by atoms with Crippen molar-refractivity contribution < 1.29 is 4.79 Å². The Balaban J connectivity index is 1.43. The third-order valence-electron chi connectivity index (χ3n) is 5.29. The van der Waals surface area contributed by atoms with E-state index >= 15 is 0 Å². The summed E-state index contributed by atoms with van der Waals surface area (Å²) in [6.45, 7) is 2.82. The van der Waals surface area contributed by atoms with E-state index in [2.05, 4.69) is 22.3 Å². The molecule has 1 saturated heterocycles. The molecule has 5 heteroatoms. The Morgan fingerprint density at radius 1 is 1.07 bits per heavy atom. The molecule has 138 valence electrons. The molecule has 2 aliphatic rings. The highest BCUT2D eigenvalue weighted by atomic mass is 16.2. The first-order chi connectivity index (χ1) is 13.0. The van der Waals surface area contributed by atoms with Crippen LogP contribution >= 0.6 is 0 Å². The molecule has 0 spiro atoms. The molecule has 2 aliphatic heterocycles. The zero-order valence-corrected chi connectivity index (χ0v) is 15.6. The maximum absolute atomic E-state index is 11.9. The van der Waals surface area contributed by atoms with Gasteiger partial charge in [0.15, 0.2) is 0 Å². The molecule has 0 radical (unpaired) electrons. The molecule has 0 saturated carbocycles. The Morgan fingerprint density at radius 3 is 2.48 bits per heavy atom. The van der Waals surface area contributed by atoms with E-state index in [1.54, 1.807) is 0 Å². The normalized spacial score (nSPS) is 19.0. The smallest absolute Gasteiger partial charge is 0.227 e. The maximum Gasteiger partial charge on any atom is 0.227 e. The fraction of sp³-hybridized carbons (Fsp3) is 0.318. The fourth-order valence-corrected chi connectivity index (χ4v) is 3.70. The average Bonchev–Trinajstić information content (AvgIpc) is 3.32. The molecule has 5 nitrogen and oxygen atoms in total. The molecule has 27 heavy (non-hydrogen) atoms. The fourth-order valence-electron chi connectivity index (χ4n) is 3.70. The predicted octanol–water partition coefficient (Wildman–Crippen LogP) is 3.32. The van der Waals surface area contributed by atoms with E-state index < -0.39 is 5.54 Å². The molecular weight excluding hydrogens is 336 g/mol. The van der Waals surface area contributed by atoms with E-state index in [1.165, 1.54) is 5.56 Å². The number of benzene rings is 2. The lowest BCUT2D eigenvalue weighted by molar-refractivity contribution is -0.117. The second-order valence-corrected chi connectivity index (χ2v) is 7.55. The van der Waals surface area contributed by atoms with Crippen LogP contribution in [0.25, 0.3) is 0 Å². The highest BCUT2D eigenvalue weighted by molar-refractivity contribution is 6.17. The second kappa shape index (κ2) is 7.08. The van der Waals surface area contributed by atoms with Gasteiger partial charge in [0, 0.05) is 25.1 Å². The number of hydrogen-bond donors (Lipinski definition) is 1. The number of carbonyl (C=O) groups excluding carboxylic acids is 1. The first kappa shape index (κ1) is 17.6. The van der Waals surface area contributed by atoms with Gasteiger partial charge in [-0.3, -0.25) is 4.79 Å². The summed E-state index contributed by atoms with van der Waals surface area (Å²) in [6, 6.07) is 18.2. The lowest BCUT2D eigenvalue weighted by Gasteiger charge is -2.24. The number of amides is 1. The van der Waals surface area contributed by atoms with Crippen LogP contribution in [0.2, 0.25) is 0 Å². The van der Waals surface area contributed by atoms with E-state index in [0.717, 1.165) is 42.1 Å². The predicted molar refractivity (Wildman–Crippen MR) is 109 cm³/mol. The second-order valence-electron chi connectivity index (χ2n) is 7.55. The highest BCUT2D eigenvalue weighted by Gasteiger charge is 2.30. The van der Waals surface area contributed by atoms with E-state index in [4.69, 9.17) is 5.73 Å². The van der Waals surface area contributed by atoms with Crippen LogP contribution in [0.1, 0.15) is 37.3 Å². The van der Waals surface area contributed by atoms with Crippen LogP contribution in [0.3, 0.4) is 0 Å². The minimum absolute atomic E-state index is 0.200. The minimum Gasteiger partial charge on any atom is -0.320 e. The number of nitrogens with two attached hydrogens (primary N) is 1. The standard InChI is InChI=1S/C22H24N4O/c1-22(23,15-16-6-3-2-4-7-16)20-14-19(24-25-20)17-9-11-18(12-10-17)26-13-5-8-21(26)27/h2-4,6-7,9-12H,5,8,13-15,23H2,1H3/t22-/m1/s1. The van der Waals surface area contributed by atoms with E-state index in [0.29, 0.717) is 12.8 Å². The molecular formula is C22H24N4O. The van der Waals surface area contributed by atoms with Crippen molar-refractivity contribution >= 4 is 23.0 Å². The maximum atomic E-state index is 11.9. The van der Waals surface area contributed by atoms with Crippen LogP contribution in [0, 0.1) is 0 Å². The number of anilines is 1. The lowest BCUT2D eigenvalue weighted by Crippen LogP contribution is -2.46. The van der Waals surface area contributed by atoms with Crippen molar-refractivity contribution in [1.29, 1.82) is 0 Å². The van der Waals surface area contributed by atoms with E-state index in [-0.39, 0.29) is 5.91 Å². The quantitative estimate of drug-likeness (QED) is 0.888. The molecule has 1 atom stereocenters. The Hall–Kier alpha value is -2.79. The van der Waals surface area contributed by atoms with Crippen molar-refractivity contribution in [3.63, 3.8) is 0 Å². The van der Waals surface area contributed by atoms with Crippen LogP contribution in [0.4, 0.5) is 5.69 Å². The number of carbonyl (C=O) groups is 1. The molecule has 4 rings (SSSR count).